The Hall–Kier alpha value is -5.09. The molecule has 1 aliphatic heterocycles. The zero-order valence-corrected chi connectivity index (χ0v) is 31.6. The number of rotatable bonds is 11. The van der Waals surface area contributed by atoms with E-state index in [1.54, 1.807) is 0 Å². The van der Waals surface area contributed by atoms with Gasteiger partial charge in [-0.15, -0.1) is 0 Å². The quantitative estimate of drug-likeness (QED) is 0.131. The van der Waals surface area contributed by atoms with Crippen LogP contribution in [-0.2, 0) is 42.1 Å². The van der Waals surface area contributed by atoms with E-state index in [1.807, 2.05) is 84.6 Å². The molecule has 9 nitrogen and oxygen atoms in total. The highest BCUT2D eigenvalue weighted by Crippen LogP contribution is 2.39. The van der Waals surface area contributed by atoms with Gasteiger partial charge in [0.15, 0.2) is 0 Å². The van der Waals surface area contributed by atoms with Crippen molar-refractivity contribution < 1.29 is 24.2 Å². The molecule has 270 valence electrons. The zero-order valence-electron chi connectivity index (χ0n) is 30.8. The first-order valence-corrected chi connectivity index (χ1v) is 18.4. The standard InChI is InChI=1S/C42H46N4O5S/c1-41(2,3)32-20-28(21-33(38(32)47)42(4,5)6)24-43-19-18-26-8-14-30(15-9-26)51-31-16-17-34-35(23-31)46(7)37(44-34)25-50-29-12-10-27(11-13-29)22-36-39(48)45-40(49)52-36/h8-17,20-21,23-24,36,47H,18-19,22,25H2,1-7H3,(H,45,48,49). The van der Waals surface area contributed by atoms with E-state index < -0.39 is 5.25 Å². The Morgan fingerprint density at radius 3 is 2.10 bits per heavy atom. The molecular formula is C42H46N4O5S. The molecule has 0 bridgehead atoms. The van der Waals surface area contributed by atoms with Gasteiger partial charge in [0.2, 0.25) is 5.91 Å². The molecule has 1 fully saturated rings. The number of aromatic hydroxyl groups is 1. The van der Waals surface area contributed by atoms with Gasteiger partial charge in [-0.1, -0.05) is 77.6 Å². The molecule has 0 spiro atoms. The summed E-state index contributed by atoms with van der Waals surface area (Å²) in [5.74, 6) is 3.06. The third kappa shape index (κ3) is 8.67. The minimum atomic E-state index is -0.396. The van der Waals surface area contributed by atoms with Crippen molar-refractivity contribution in [2.45, 2.75) is 77.1 Å². The summed E-state index contributed by atoms with van der Waals surface area (Å²) in [4.78, 5) is 32.8. The van der Waals surface area contributed by atoms with Crippen LogP contribution in [0.5, 0.6) is 23.0 Å². The summed E-state index contributed by atoms with van der Waals surface area (Å²) in [6.45, 7) is 13.6. The Kier molecular flexibility index (Phi) is 10.5. The van der Waals surface area contributed by atoms with E-state index in [9.17, 15) is 14.7 Å². The molecule has 1 unspecified atom stereocenters. The van der Waals surface area contributed by atoms with Crippen LogP contribution in [-0.4, -0.2) is 43.8 Å². The largest absolute Gasteiger partial charge is 0.507 e. The van der Waals surface area contributed by atoms with Gasteiger partial charge < -0.3 is 19.1 Å². The number of thioether (sulfide) groups is 1. The maximum Gasteiger partial charge on any atom is 0.286 e. The zero-order chi connectivity index (χ0) is 37.2. The highest BCUT2D eigenvalue weighted by Gasteiger charge is 2.31. The minimum Gasteiger partial charge on any atom is -0.507 e. The lowest BCUT2D eigenvalue weighted by atomic mass is 9.78. The fraction of sp³-hybridized carbons (Fsp3) is 0.333. The monoisotopic (exact) mass is 718 g/mol. The summed E-state index contributed by atoms with van der Waals surface area (Å²) in [5.41, 5.74) is 6.40. The first-order chi connectivity index (χ1) is 24.6. The number of nitrogens with zero attached hydrogens (tertiary/aromatic N) is 3. The Labute approximate surface area is 309 Å². The minimum absolute atomic E-state index is 0.183. The molecule has 1 aliphatic rings. The molecule has 2 amide bonds. The van der Waals surface area contributed by atoms with E-state index in [-0.39, 0.29) is 28.6 Å². The van der Waals surface area contributed by atoms with Gasteiger partial charge in [0.25, 0.3) is 5.24 Å². The Bertz CT molecular complexity index is 2090. The number of imidazole rings is 1. The van der Waals surface area contributed by atoms with Crippen molar-refractivity contribution in [3.63, 3.8) is 0 Å². The average Bonchev–Trinajstić information content (AvgIpc) is 3.58. The van der Waals surface area contributed by atoms with Gasteiger partial charge in [-0.3, -0.25) is 19.9 Å². The average molecular weight is 719 g/mol. The summed E-state index contributed by atoms with van der Waals surface area (Å²) in [7, 11) is 1.96. The van der Waals surface area contributed by atoms with Crippen LogP contribution < -0.4 is 14.8 Å². The number of fused-ring (bicyclic) bond motifs is 1. The number of imide groups is 1. The molecule has 2 heterocycles. The second-order valence-corrected chi connectivity index (χ2v) is 16.4. The SMILES string of the molecule is Cn1c(COc2ccc(CC3SC(=O)NC3=O)cc2)nc2ccc(Oc3ccc(CCN=Cc4cc(C(C)(C)C)c(O)c(C(C)(C)C)c4)cc3)cc21. The van der Waals surface area contributed by atoms with Crippen LogP contribution in [0.1, 0.15) is 75.2 Å². The highest BCUT2D eigenvalue weighted by atomic mass is 32.2. The summed E-state index contributed by atoms with van der Waals surface area (Å²) >= 11 is 1.03. The second kappa shape index (κ2) is 14.9. The maximum absolute atomic E-state index is 11.9. The maximum atomic E-state index is 11.9. The number of amides is 2. The Balaban J connectivity index is 1.03. The lowest BCUT2D eigenvalue weighted by Crippen LogP contribution is -2.25. The van der Waals surface area contributed by atoms with Crippen LogP contribution in [0.4, 0.5) is 4.79 Å². The van der Waals surface area contributed by atoms with Crippen molar-refractivity contribution in [2.75, 3.05) is 6.54 Å². The van der Waals surface area contributed by atoms with Gasteiger partial charge >= 0.3 is 0 Å². The highest BCUT2D eigenvalue weighted by molar-refractivity contribution is 8.15. The number of hydrogen-bond donors (Lipinski definition) is 2. The number of aliphatic imine (C=N–C) groups is 1. The van der Waals surface area contributed by atoms with Gasteiger partial charge in [0, 0.05) is 37.0 Å². The number of aryl methyl sites for hydroxylation is 1. The van der Waals surface area contributed by atoms with E-state index >= 15 is 0 Å². The van der Waals surface area contributed by atoms with Gasteiger partial charge in [0.1, 0.15) is 35.4 Å². The van der Waals surface area contributed by atoms with E-state index in [1.165, 1.54) is 5.56 Å². The van der Waals surface area contributed by atoms with Crippen LogP contribution >= 0.6 is 11.8 Å². The molecule has 1 saturated heterocycles. The van der Waals surface area contributed by atoms with Gasteiger partial charge in [-0.2, -0.15) is 0 Å². The molecule has 6 rings (SSSR count). The van der Waals surface area contributed by atoms with Crippen LogP contribution in [0.25, 0.3) is 11.0 Å². The normalized spacial score (nSPS) is 15.1. The number of aromatic nitrogens is 2. The van der Waals surface area contributed by atoms with Crippen LogP contribution in [0, 0.1) is 0 Å². The van der Waals surface area contributed by atoms with Gasteiger partial charge in [-0.25, -0.2) is 4.98 Å². The number of ether oxygens (including phenoxy) is 2. The van der Waals surface area contributed by atoms with Crippen molar-refractivity contribution >= 4 is 40.2 Å². The number of phenols is 1. The van der Waals surface area contributed by atoms with Gasteiger partial charge in [-0.05, 0) is 88.9 Å². The number of carbonyl (C=O) groups excluding carboxylic acids is 2. The molecule has 10 heteroatoms. The fourth-order valence-electron chi connectivity index (χ4n) is 6.12. The van der Waals surface area contributed by atoms with Crippen molar-refractivity contribution in [3.8, 4) is 23.0 Å². The molecular weight excluding hydrogens is 673 g/mol. The summed E-state index contributed by atoms with van der Waals surface area (Å²) in [6, 6.07) is 25.6. The number of phenolic OH excluding ortho intramolecular Hbond substituents is 1. The molecule has 1 aromatic heterocycles. The second-order valence-electron chi connectivity index (χ2n) is 15.3. The third-order valence-corrected chi connectivity index (χ3v) is 10.1. The lowest BCUT2D eigenvalue weighted by Gasteiger charge is -2.27. The van der Waals surface area contributed by atoms with Crippen molar-refractivity contribution in [3.05, 3.63) is 113 Å². The van der Waals surface area contributed by atoms with E-state index in [0.29, 0.717) is 30.2 Å². The molecule has 52 heavy (non-hydrogen) atoms. The number of carbonyl (C=O) groups is 2. The van der Waals surface area contributed by atoms with Crippen LogP contribution in [0.15, 0.2) is 83.9 Å². The van der Waals surface area contributed by atoms with Crippen molar-refractivity contribution in [2.24, 2.45) is 12.0 Å². The van der Waals surface area contributed by atoms with Crippen LogP contribution in [0.2, 0.25) is 0 Å². The number of benzene rings is 4. The van der Waals surface area contributed by atoms with E-state index in [2.05, 4.69) is 59.0 Å². The molecule has 5 aromatic rings. The number of hydrogen-bond acceptors (Lipinski definition) is 8. The molecule has 0 radical (unpaired) electrons. The molecule has 0 saturated carbocycles. The Morgan fingerprint density at radius 1 is 0.865 bits per heavy atom. The summed E-state index contributed by atoms with van der Waals surface area (Å²) < 4.78 is 14.2. The number of nitrogens with one attached hydrogen (secondary N) is 1. The molecule has 2 N–H and O–H groups in total. The summed E-state index contributed by atoms with van der Waals surface area (Å²) in [5, 5.41) is 12.6. The molecule has 0 aliphatic carbocycles. The predicted molar refractivity (Wildman–Crippen MR) is 208 cm³/mol. The smallest absolute Gasteiger partial charge is 0.286 e. The first-order valence-electron chi connectivity index (χ1n) is 17.5. The molecule has 4 aromatic carbocycles. The lowest BCUT2D eigenvalue weighted by molar-refractivity contribution is -0.118. The van der Waals surface area contributed by atoms with Crippen molar-refractivity contribution in [1.29, 1.82) is 0 Å². The van der Waals surface area contributed by atoms with Gasteiger partial charge in [0.05, 0.1) is 16.3 Å². The van der Waals surface area contributed by atoms with E-state index in [0.717, 1.165) is 63.0 Å². The third-order valence-electron chi connectivity index (χ3n) is 9.10. The topological polar surface area (TPSA) is 115 Å². The Morgan fingerprint density at radius 2 is 1.48 bits per heavy atom. The van der Waals surface area contributed by atoms with Crippen molar-refractivity contribution in [1.82, 2.24) is 14.9 Å². The predicted octanol–water partition coefficient (Wildman–Crippen LogP) is 8.80. The van der Waals surface area contributed by atoms with E-state index in [4.69, 9.17) is 19.5 Å². The van der Waals surface area contributed by atoms with Crippen LogP contribution in [0.3, 0.4) is 0 Å². The molecule has 1 atom stereocenters. The fourth-order valence-corrected chi connectivity index (χ4v) is 6.98. The first kappa shape index (κ1) is 36.7. The summed E-state index contributed by atoms with van der Waals surface area (Å²) in [6.07, 6.45) is 3.19.